The summed E-state index contributed by atoms with van der Waals surface area (Å²) in [5, 5.41) is 8.11. The van der Waals surface area contributed by atoms with Gasteiger partial charge in [0.1, 0.15) is 17.1 Å². The highest BCUT2D eigenvalue weighted by atomic mass is 35.5. The van der Waals surface area contributed by atoms with Gasteiger partial charge in [-0.15, -0.1) is 0 Å². The lowest BCUT2D eigenvalue weighted by Gasteiger charge is -2.10. The summed E-state index contributed by atoms with van der Waals surface area (Å²) in [6, 6.07) is 6.94. The fourth-order valence-corrected chi connectivity index (χ4v) is 1.68. The number of aromatic nitrogens is 1. The Morgan fingerprint density at radius 2 is 1.95 bits per heavy atom. The number of hydrogen-bond acceptors (Lipinski definition) is 4. The maximum Gasteiger partial charge on any atom is 0.417 e. The summed E-state index contributed by atoms with van der Waals surface area (Å²) >= 11 is 5.74. The van der Waals surface area contributed by atoms with E-state index in [1.807, 2.05) is 0 Å². The number of nitrogens with zero attached hydrogens (tertiary/aromatic N) is 2. The van der Waals surface area contributed by atoms with Crippen LogP contribution in [0.2, 0.25) is 5.02 Å². The molecule has 0 saturated carbocycles. The molecule has 0 aliphatic heterocycles. The molecule has 0 bridgehead atoms. The smallest absolute Gasteiger partial charge is 0.417 e. The zero-order chi connectivity index (χ0) is 16.2. The molecule has 9 heteroatoms. The Balaban J connectivity index is 2.15. The normalized spacial score (nSPS) is 11.7. The van der Waals surface area contributed by atoms with E-state index >= 15 is 0 Å². The van der Waals surface area contributed by atoms with Gasteiger partial charge in [-0.25, -0.2) is 9.98 Å². The third-order valence-corrected chi connectivity index (χ3v) is 2.73. The molecule has 0 unspecified atom stereocenters. The SMILES string of the molecule is ONC=Nc1ccc(Oc2ncc(C(F)(F)F)cc2Cl)cc1. The van der Waals surface area contributed by atoms with Crippen LogP contribution in [-0.4, -0.2) is 16.5 Å². The van der Waals surface area contributed by atoms with Crippen molar-refractivity contribution in [3.05, 3.63) is 47.1 Å². The van der Waals surface area contributed by atoms with Crippen LogP contribution in [-0.2, 0) is 6.18 Å². The Morgan fingerprint density at radius 1 is 1.27 bits per heavy atom. The molecule has 1 aromatic heterocycles. The first kappa shape index (κ1) is 16.1. The second kappa shape index (κ2) is 6.63. The topological polar surface area (TPSA) is 66.7 Å². The van der Waals surface area contributed by atoms with Gasteiger partial charge in [-0.2, -0.15) is 13.2 Å². The maximum atomic E-state index is 12.5. The van der Waals surface area contributed by atoms with Crippen molar-refractivity contribution in [2.75, 3.05) is 0 Å². The largest absolute Gasteiger partial charge is 0.438 e. The average Bonchev–Trinajstić information content (AvgIpc) is 2.47. The minimum Gasteiger partial charge on any atom is -0.438 e. The Bertz CT molecular complexity index is 675. The first-order valence-corrected chi connectivity index (χ1v) is 6.21. The lowest BCUT2D eigenvalue weighted by atomic mass is 10.3. The van der Waals surface area contributed by atoms with E-state index in [1.165, 1.54) is 12.1 Å². The number of hydrogen-bond donors (Lipinski definition) is 2. The van der Waals surface area contributed by atoms with Gasteiger partial charge in [0.2, 0.25) is 5.88 Å². The lowest BCUT2D eigenvalue weighted by Crippen LogP contribution is -2.05. The number of halogens is 4. The minimum absolute atomic E-state index is 0.136. The van der Waals surface area contributed by atoms with Gasteiger partial charge in [-0.1, -0.05) is 11.6 Å². The molecule has 116 valence electrons. The third-order valence-electron chi connectivity index (χ3n) is 2.46. The van der Waals surface area contributed by atoms with E-state index in [0.717, 1.165) is 12.4 Å². The second-order valence-corrected chi connectivity index (χ2v) is 4.40. The first-order valence-electron chi connectivity index (χ1n) is 5.83. The van der Waals surface area contributed by atoms with E-state index in [0.29, 0.717) is 17.6 Å². The van der Waals surface area contributed by atoms with E-state index in [1.54, 1.807) is 17.6 Å². The molecule has 2 rings (SSSR count). The highest BCUT2D eigenvalue weighted by molar-refractivity contribution is 6.31. The summed E-state index contributed by atoms with van der Waals surface area (Å²) in [6.07, 6.45) is -2.80. The number of rotatable bonds is 4. The number of alkyl halides is 3. The van der Waals surface area contributed by atoms with E-state index in [9.17, 15) is 13.2 Å². The summed E-state index contributed by atoms with van der Waals surface area (Å²) < 4.78 is 42.8. The summed E-state index contributed by atoms with van der Waals surface area (Å²) in [4.78, 5) is 7.39. The molecule has 2 N–H and O–H groups in total. The van der Waals surface area contributed by atoms with Crippen LogP contribution in [0.4, 0.5) is 18.9 Å². The van der Waals surface area contributed by atoms with Crippen molar-refractivity contribution in [3.8, 4) is 11.6 Å². The Morgan fingerprint density at radius 3 is 2.50 bits per heavy atom. The Kier molecular flexibility index (Phi) is 4.84. The fraction of sp³-hybridized carbons (Fsp3) is 0.0769. The molecule has 0 aliphatic rings. The van der Waals surface area contributed by atoms with Crippen molar-refractivity contribution < 1.29 is 23.1 Å². The summed E-state index contributed by atoms with van der Waals surface area (Å²) in [6.45, 7) is 0. The van der Waals surface area contributed by atoms with Crippen molar-refractivity contribution in [1.29, 1.82) is 0 Å². The van der Waals surface area contributed by atoms with Crippen molar-refractivity contribution >= 4 is 23.6 Å². The molecule has 0 amide bonds. The molecular weight excluding hydrogens is 323 g/mol. The molecule has 0 spiro atoms. The van der Waals surface area contributed by atoms with Gasteiger partial charge in [-0.3, -0.25) is 10.7 Å². The van der Waals surface area contributed by atoms with Crippen molar-refractivity contribution in [2.45, 2.75) is 6.18 Å². The van der Waals surface area contributed by atoms with Gasteiger partial charge in [0.15, 0.2) is 0 Å². The zero-order valence-corrected chi connectivity index (χ0v) is 11.6. The highest BCUT2D eigenvalue weighted by Crippen LogP contribution is 2.34. The number of benzene rings is 1. The minimum atomic E-state index is -4.52. The highest BCUT2D eigenvalue weighted by Gasteiger charge is 2.31. The zero-order valence-electron chi connectivity index (χ0n) is 10.8. The molecule has 0 radical (unpaired) electrons. The number of hydroxylamine groups is 1. The molecule has 22 heavy (non-hydrogen) atoms. The molecule has 1 heterocycles. The fourth-order valence-electron chi connectivity index (χ4n) is 1.47. The second-order valence-electron chi connectivity index (χ2n) is 3.99. The lowest BCUT2D eigenvalue weighted by molar-refractivity contribution is -0.137. The van der Waals surface area contributed by atoms with E-state index in [4.69, 9.17) is 21.5 Å². The van der Waals surface area contributed by atoms with Crippen LogP contribution in [0.5, 0.6) is 11.6 Å². The average molecular weight is 332 g/mol. The molecular formula is C13H9ClF3N3O2. The van der Waals surface area contributed by atoms with Gasteiger partial charge >= 0.3 is 6.18 Å². The van der Waals surface area contributed by atoms with Gasteiger partial charge < -0.3 is 4.74 Å². The number of nitrogens with one attached hydrogen (secondary N) is 1. The van der Waals surface area contributed by atoms with Gasteiger partial charge in [0.25, 0.3) is 0 Å². The summed E-state index contributed by atoms with van der Waals surface area (Å²) in [5.41, 5.74) is 1.33. The van der Waals surface area contributed by atoms with E-state index in [-0.39, 0.29) is 10.9 Å². The molecule has 1 aromatic carbocycles. The maximum absolute atomic E-state index is 12.5. The van der Waals surface area contributed by atoms with Gasteiger partial charge in [0.05, 0.1) is 11.3 Å². The summed E-state index contributed by atoms with van der Waals surface area (Å²) in [7, 11) is 0. The van der Waals surface area contributed by atoms with Gasteiger partial charge in [0, 0.05) is 6.20 Å². The van der Waals surface area contributed by atoms with Crippen molar-refractivity contribution in [2.24, 2.45) is 4.99 Å². The number of pyridine rings is 1. The number of aliphatic imine (C=N–C) groups is 1. The quantitative estimate of drug-likeness (QED) is 0.501. The van der Waals surface area contributed by atoms with Crippen LogP contribution < -0.4 is 10.2 Å². The van der Waals surface area contributed by atoms with Crippen LogP contribution in [0.1, 0.15) is 5.56 Å². The molecule has 0 atom stereocenters. The molecule has 2 aromatic rings. The monoisotopic (exact) mass is 331 g/mol. The van der Waals surface area contributed by atoms with E-state index < -0.39 is 11.7 Å². The predicted octanol–water partition coefficient (Wildman–Crippen LogP) is 4.18. The first-order chi connectivity index (χ1) is 10.4. The molecule has 5 nitrogen and oxygen atoms in total. The third kappa shape index (κ3) is 4.09. The summed E-state index contributed by atoms with van der Waals surface area (Å²) in [5.74, 6) is 0.188. The standard InChI is InChI=1S/C13H9ClF3N3O2/c14-11-5-8(13(15,16)17)6-18-12(11)22-10-3-1-9(2-4-10)19-7-20-21/h1-7,21H,(H,19,20). The Hall–Kier alpha value is -2.32. The Labute approximate surface area is 128 Å². The molecule has 0 saturated heterocycles. The van der Waals surface area contributed by atoms with Crippen molar-refractivity contribution in [1.82, 2.24) is 10.5 Å². The van der Waals surface area contributed by atoms with Crippen LogP contribution in [0.15, 0.2) is 41.5 Å². The van der Waals surface area contributed by atoms with Crippen molar-refractivity contribution in [3.63, 3.8) is 0 Å². The van der Waals surface area contributed by atoms with Crippen LogP contribution >= 0.6 is 11.6 Å². The molecule has 0 aliphatic carbocycles. The van der Waals surface area contributed by atoms with Crippen LogP contribution in [0.3, 0.4) is 0 Å². The number of ether oxygens (including phenoxy) is 1. The molecule has 0 fully saturated rings. The van der Waals surface area contributed by atoms with Crippen LogP contribution in [0.25, 0.3) is 0 Å². The van der Waals surface area contributed by atoms with Gasteiger partial charge in [-0.05, 0) is 30.3 Å². The predicted molar refractivity (Wildman–Crippen MR) is 73.8 cm³/mol. The van der Waals surface area contributed by atoms with Crippen LogP contribution in [0, 0.1) is 0 Å². The van der Waals surface area contributed by atoms with E-state index in [2.05, 4.69) is 9.98 Å².